The zero-order valence-electron chi connectivity index (χ0n) is 10.9. The third-order valence-electron chi connectivity index (χ3n) is 3.02. The van der Waals surface area contributed by atoms with Gasteiger partial charge in [-0.1, -0.05) is 41.9 Å². The second-order valence-electron chi connectivity index (χ2n) is 4.48. The van der Waals surface area contributed by atoms with Crippen LogP contribution in [0, 0.1) is 0 Å². The Morgan fingerprint density at radius 3 is 2.67 bits per heavy atom. The van der Waals surface area contributed by atoms with Crippen LogP contribution in [0.4, 0.5) is 0 Å². The number of carboxylic acids is 1. The predicted molar refractivity (Wildman–Crippen MR) is 79.0 cm³/mol. The molecule has 1 heterocycles. The smallest absolute Gasteiger partial charge is 0.375 e. The number of aromatic carboxylic acids is 1. The minimum absolute atomic E-state index is 0.198. The number of benzene rings is 2. The van der Waals surface area contributed by atoms with Gasteiger partial charge in [0.15, 0.2) is 5.75 Å². The zero-order chi connectivity index (χ0) is 14.8. The molecule has 1 aromatic heterocycles. The summed E-state index contributed by atoms with van der Waals surface area (Å²) in [6.45, 7) is 0.252. The number of carbonyl (C=O) groups is 1. The van der Waals surface area contributed by atoms with Gasteiger partial charge >= 0.3 is 5.97 Å². The Kier molecular flexibility index (Phi) is 3.54. The quantitative estimate of drug-likeness (QED) is 0.777. The van der Waals surface area contributed by atoms with Gasteiger partial charge in [0.2, 0.25) is 0 Å². The van der Waals surface area contributed by atoms with Crippen molar-refractivity contribution in [2.45, 2.75) is 6.61 Å². The van der Waals surface area contributed by atoms with Gasteiger partial charge in [-0.25, -0.2) is 4.79 Å². The minimum atomic E-state index is -1.18. The van der Waals surface area contributed by atoms with E-state index in [1.807, 2.05) is 30.3 Å². The molecule has 106 valence electrons. The number of fused-ring (bicyclic) bond motifs is 1. The molecular formula is C16H11ClO4. The standard InChI is InChI=1S/C16H11ClO4/c17-11-6-7-13-12(8-11)14(15(21-13)16(18)19)20-9-10-4-2-1-3-5-10/h1-8H,9H2,(H,18,19). The number of furan rings is 1. The highest BCUT2D eigenvalue weighted by molar-refractivity contribution is 6.31. The first-order valence-corrected chi connectivity index (χ1v) is 6.65. The van der Waals surface area contributed by atoms with Crippen molar-refractivity contribution >= 4 is 28.5 Å². The van der Waals surface area contributed by atoms with E-state index < -0.39 is 5.97 Å². The number of halogens is 1. The van der Waals surface area contributed by atoms with Crippen LogP contribution < -0.4 is 4.74 Å². The summed E-state index contributed by atoms with van der Waals surface area (Å²) in [6.07, 6.45) is 0. The van der Waals surface area contributed by atoms with E-state index in [2.05, 4.69) is 0 Å². The average Bonchev–Trinajstić information content (AvgIpc) is 2.84. The number of hydrogen-bond donors (Lipinski definition) is 1. The molecule has 0 aliphatic rings. The highest BCUT2D eigenvalue weighted by atomic mass is 35.5. The van der Waals surface area contributed by atoms with Crippen molar-refractivity contribution in [3.8, 4) is 5.75 Å². The van der Waals surface area contributed by atoms with Gasteiger partial charge in [0.05, 0.1) is 5.39 Å². The van der Waals surface area contributed by atoms with E-state index in [-0.39, 0.29) is 18.1 Å². The lowest BCUT2D eigenvalue weighted by molar-refractivity contribution is 0.0658. The van der Waals surface area contributed by atoms with Crippen molar-refractivity contribution in [2.75, 3.05) is 0 Å². The van der Waals surface area contributed by atoms with Crippen LogP contribution in [0.1, 0.15) is 16.1 Å². The molecule has 0 bridgehead atoms. The van der Waals surface area contributed by atoms with Crippen molar-refractivity contribution in [3.63, 3.8) is 0 Å². The summed E-state index contributed by atoms with van der Waals surface area (Å²) in [5, 5.41) is 10.3. The molecule has 0 radical (unpaired) electrons. The summed E-state index contributed by atoms with van der Waals surface area (Å²) in [6, 6.07) is 14.4. The maximum atomic E-state index is 11.3. The molecule has 1 N–H and O–H groups in total. The van der Waals surface area contributed by atoms with E-state index in [1.54, 1.807) is 18.2 Å². The van der Waals surface area contributed by atoms with E-state index in [0.29, 0.717) is 16.0 Å². The van der Waals surface area contributed by atoms with Crippen LogP contribution in [0.3, 0.4) is 0 Å². The molecule has 0 fully saturated rings. The lowest BCUT2D eigenvalue weighted by Gasteiger charge is -2.05. The van der Waals surface area contributed by atoms with Gasteiger partial charge in [-0.15, -0.1) is 0 Å². The number of carboxylic acid groups (broad SMARTS) is 1. The molecule has 3 rings (SSSR count). The van der Waals surface area contributed by atoms with Crippen molar-refractivity contribution in [1.29, 1.82) is 0 Å². The Bertz CT molecular complexity index is 793. The molecule has 2 aromatic carbocycles. The maximum Gasteiger partial charge on any atom is 0.375 e. The lowest BCUT2D eigenvalue weighted by atomic mass is 10.2. The Labute approximate surface area is 125 Å². The van der Waals surface area contributed by atoms with Crippen molar-refractivity contribution in [3.05, 3.63) is 64.9 Å². The molecule has 0 amide bonds. The van der Waals surface area contributed by atoms with E-state index in [9.17, 15) is 9.90 Å². The van der Waals surface area contributed by atoms with E-state index in [4.69, 9.17) is 20.8 Å². The Morgan fingerprint density at radius 1 is 1.19 bits per heavy atom. The number of ether oxygens (including phenoxy) is 1. The molecule has 0 aliphatic heterocycles. The molecule has 5 heteroatoms. The van der Waals surface area contributed by atoms with Gasteiger partial charge in [0, 0.05) is 5.02 Å². The maximum absolute atomic E-state index is 11.3. The van der Waals surface area contributed by atoms with Crippen molar-refractivity contribution < 1.29 is 19.1 Å². The summed E-state index contributed by atoms with van der Waals surface area (Å²) >= 11 is 5.95. The first-order valence-electron chi connectivity index (χ1n) is 6.27. The molecular weight excluding hydrogens is 292 g/mol. The van der Waals surface area contributed by atoms with Crippen LogP contribution >= 0.6 is 11.6 Å². The van der Waals surface area contributed by atoms with Crippen molar-refractivity contribution in [1.82, 2.24) is 0 Å². The van der Waals surface area contributed by atoms with Gasteiger partial charge in [-0.05, 0) is 23.8 Å². The SMILES string of the molecule is O=C(O)c1oc2ccc(Cl)cc2c1OCc1ccccc1. The molecule has 0 aliphatic carbocycles. The largest absolute Gasteiger partial charge is 0.484 e. The molecule has 0 atom stereocenters. The molecule has 0 spiro atoms. The molecule has 3 aromatic rings. The van der Waals surface area contributed by atoms with Crippen LogP contribution in [-0.4, -0.2) is 11.1 Å². The molecule has 4 nitrogen and oxygen atoms in total. The zero-order valence-corrected chi connectivity index (χ0v) is 11.6. The Balaban J connectivity index is 2.00. The van der Waals surface area contributed by atoms with Gasteiger partial charge in [-0.3, -0.25) is 0 Å². The van der Waals surface area contributed by atoms with E-state index >= 15 is 0 Å². The summed E-state index contributed by atoms with van der Waals surface area (Å²) in [5.74, 6) is -1.20. The second kappa shape index (κ2) is 5.50. The topological polar surface area (TPSA) is 59.7 Å². The third kappa shape index (κ3) is 2.71. The molecule has 0 unspecified atom stereocenters. The van der Waals surface area contributed by atoms with E-state index in [1.165, 1.54) is 0 Å². The highest BCUT2D eigenvalue weighted by Gasteiger charge is 2.21. The van der Waals surface area contributed by atoms with Crippen LogP contribution in [0.2, 0.25) is 5.02 Å². The average molecular weight is 303 g/mol. The fourth-order valence-electron chi connectivity index (χ4n) is 2.06. The van der Waals surface area contributed by atoms with Crippen LogP contribution in [0.15, 0.2) is 52.9 Å². The van der Waals surface area contributed by atoms with Crippen LogP contribution in [-0.2, 0) is 6.61 Å². The normalized spacial score (nSPS) is 10.7. The minimum Gasteiger partial charge on any atom is -0.484 e. The summed E-state index contributed by atoms with van der Waals surface area (Å²) in [5.41, 5.74) is 1.37. The molecule has 0 saturated heterocycles. The molecule has 0 saturated carbocycles. The first-order chi connectivity index (χ1) is 10.1. The summed E-state index contributed by atoms with van der Waals surface area (Å²) in [4.78, 5) is 11.3. The van der Waals surface area contributed by atoms with E-state index in [0.717, 1.165) is 5.56 Å². The lowest BCUT2D eigenvalue weighted by Crippen LogP contribution is -2.01. The van der Waals surface area contributed by atoms with Gasteiger partial charge < -0.3 is 14.3 Å². The number of hydrogen-bond acceptors (Lipinski definition) is 3. The van der Waals surface area contributed by atoms with Crippen molar-refractivity contribution in [2.24, 2.45) is 0 Å². The highest BCUT2D eigenvalue weighted by Crippen LogP contribution is 2.35. The first kappa shape index (κ1) is 13.5. The third-order valence-corrected chi connectivity index (χ3v) is 3.26. The summed E-state index contributed by atoms with van der Waals surface area (Å²) < 4.78 is 11.0. The predicted octanol–water partition coefficient (Wildman–Crippen LogP) is 4.36. The second-order valence-corrected chi connectivity index (χ2v) is 4.92. The monoisotopic (exact) mass is 302 g/mol. The fourth-order valence-corrected chi connectivity index (χ4v) is 2.23. The number of rotatable bonds is 4. The summed E-state index contributed by atoms with van der Waals surface area (Å²) in [7, 11) is 0. The molecule has 21 heavy (non-hydrogen) atoms. The fraction of sp³-hybridized carbons (Fsp3) is 0.0625. The van der Waals surface area contributed by atoms with Crippen LogP contribution in [0.5, 0.6) is 5.75 Å². The van der Waals surface area contributed by atoms with Gasteiger partial charge in [0.1, 0.15) is 12.2 Å². The van der Waals surface area contributed by atoms with Crippen LogP contribution in [0.25, 0.3) is 11.0 Å². The van der Waals surface area contributed by atoms with Gasteiger partial charge in [0.25, 0.3) is 5.76 Å². The van der Waals surface area contributed by atoms with Gasteiger partial charge in [-0.2, -0.15) is 0 Å². The Hall–Kier alpha value is -2.46. The Morgan fingerprint density at radius 2 is 1.95 bits per heavy atom.